The number of nitrogens with zero attached hydrogens (tertiary/aromatic N) is 2. The van der Waals surface area contributed by atoms with Gasteiger partial charge in [0.15, 0.2) is 0 Å². The van der Waals surface area contributed by atoms with Crippen LogP contribution in [0.25, 0.3) is 0 Å². The average molecular weight is 212 g/mol. The van der Waals surface area contributed by atoms with Crippen LogP contribution < -0.4 is 10.6 Å². The van der Waals surface area contributed by atoms with Gasteiger partial charge in [0.05, 0.1) is 5.02 Å². The molecule has 76 valence electrons. The topological polar surface area (TPSA) is 42.1 Å². The highest BCUT2D eigenvalue weighted by molar-refractivity contribution is 6.32. The van der Waals surface area contributed by atoms with E-state index in [0.717, 1.165) is 36.8 Å². The molecule has 1 aliphatic rings. The number of rotatable bonds is 1. The molecule has 1 fully saturated rings. The molecule has 3 nitrogen and oxygen atoms in total. The van der Waals surface area contributed by atoms with Gasteiger partial charge in [-0.25, -0.2) is 4.98 Å². The molecule has 1 aromatic heterocycles. The summed E-state index contributed by atoms with van der Waals surface area (Å²) < 4.78 is 0. The number of piperidine rings is 1. The van der Waals surface area contributed by atoms with Gasteiger partial charge in [-0.3, -0.25) is 0 Å². The van der Waals surface area contributed by atoms with Gasteiger partial charge in [0, 0.05) is 25.3 Å². The zero-order valence-corrected chi connectivity index (χ0v) is 8.74. The minimum absolute atomic E-state index is 0.341. The highest BCUT2D eigenvalue weighted by atomic mass is 35.5. The summed E-state index contributed by atoms with van der Waals surface area (Å²) in [4.78, 5) is 6.48. The Balaban J connectivity index is 2.12. The molecule has 14 heavy (non-hydrogen) atoms. The summed E-state index contributed by atoms with van der Waals surface area (Å²) in [5, 5.41) is 0.725. The van der Waals surface area contributed by atoms with Gasteiger partial charge < -0.3 is 10.6 Å². The Morgan fingerprint density at radius 3 is 2.79 bits per heavy atom. The third-order valence-corrected chi connectivity index (χ3v) is 2.87. The first-order chi connectivity index (χ1) is 6.77. The molecule has 0 aromatic carbocycles. The first kappa shape index (κ1) is 9.74. The minimum atomic E-state index is 0.341. The molecule has 0 unspecified atom stereocenters. The van der Waals surface area contributed by atoms with Crippen molar-refractivity contribution in [2.75, 3.05) is 18.0 Å². The van der Waals surface area contributed by atoms with Crippen LogP contribution in [0.15, 0.2) is 18.3 Å². The molecular formula is C10H14ClN3. The molecular weight excluding hydrogens is 198 g/mol. The summed E-state index contributed by atoms with van der Waals surface area (Å²) in [5.74, 6) is 0.890. The number of nitrogens with two attached hydrogens (primary N) is 1. The lowest BCUT2D eigenvalue weighted by atomic mass is 10.1. The maximum atomic E-state index is 6.06. The number of halogens is 1. The molecule has 0 saturated carbocycles. The smallest absolute Gasteiger partial charge is 0.147 e. The number of hydrogen-bond acceptors (Lipinski definition) is 3. The molecule has 0 aliphatic carbocycles. The van der Waals surface area contributed by atoms with Gasteiger partial charge in [-0.2, -0.15) is 0 Å². The van der Waals surface area contributed by atoms with Crippen molar-refractivity contribution in [1.29, 1.82) is 0 Å². The van der Waals surface area contributed by atoms with Gasteiger partial charge in [-0.1, -0.05) is 11.6 Å². The Kier molecular flexibility index (Phi) is 2.89. The second-order valence-electron chi connectivity index (χ2n) is 3.63. The fraction of sp³-hybridized carbons (Fsp3) is 0.500. The molecule has 2 heterocycles. The molecule has 0 bridgehead atoms. The van der Waals surface area contributed by atoms with Crippen LogP contribution in [0.3, 0.4) is 0 Å². The van der Waals surface area contributed by atoms with Crippen LogP contribution in [0.5, 0.6) is 0 Å². The van der Waals surface area contributed by atoms with E-state index in [2.05, 4.69) is 9.88 Å². The summed E-state index contributed by atoms with van der Waals surface area (Å²) in [7, 11) is 0. The predicted molar refractivity (Wildman–Crippen MR) is 58.7 cm³/mol. The van der Waals surface area contributed by atoms with Gasteiger partial charge in [-0.15, -0.1) is 0 Å². The molecule has 2 N–H and O–H groups in total. The van der Waals surface area contributed by atoms with Crippen LogP contribution in [0, 0.1) is 0 Å². The van der Waals surface area contributed by atoms with Crippen LogP contribution >= 0.6 is 11.6 Å². The monoisotopic (exact) mass is 211 g/mol. The van der Waals surface area contributed by atoms with Crippen LogP contribution in [-0.2, 0) is 0 Å². The van der Waals surface area contributed by atoms with Crippen molar-refractivity contribution in [3.8, 4) is 0 Å². The fourth-order valence-electron chi connectivity index (χ4n) is 1.72. The van der Waals surface area contributed by atoms with E-state index in [4.69, 9.17) is 17.3 Å². The molecule has 1 saturated heterocycles. The third kappa shape index (κ3) is 1.99. The summed E-state index contributed by atoms with van der Waals surface area (Å²) in [6.07, 6.45) is 3.82. The van der Waals surface area contributed by atoms with Crippen LogP contribution in [-0.4, -0.2) is 24.1 Å². The van der Waals surface area contributed by atoms with Crippen LogP contribution in [0.1, 0.15) is 12.8 Å². The zero-order valence-electron chi connectivity index (χ0n) is 7.99. The van der Waals surface area contributed by atoms with Crippen molar-refractivity contribution >= 4 is 17.4 Å². The van der Waals surface area contributed by atoms with E-state index in [1.54, 1.807) is 6.20 Å². The predicted octanol–water partition coefficient (Wildman–Crippen LogP) is 1.66. The molecule has 0 atom stereocenters. The SMILES string of the molecule is NC1CCN(c2ncccc2Cl)CC1. The molecule has 1 aliphatic heterocycles. The van der Waals surface area contributed by atoms with Gasteiger partial charge in [-0.05, 0) is 25.0 Å². The van der Waals surface area contributed by atoms with E-state index in [-0.39, 0.29) is 0 Å². The largest absolute Gasteiger partial charge is 0.355 e. The minimum Gasteiger partial charge on any atom is -0.355 e. The summed E-state index contributed by atoms with van der Waals surface area (Å²) >= 11 is 6.06. The van der Waals surface area contributed by atoms with Crippen molar-refractivity contribution in [3.05, 3.63) is 23.4 Å². The number of anilines is 1. The van der Waals surface area contributed by atoms with Crippen molar-refractivity contribution in [1.82, 2.24) is 4.98 Å². The molecule has 4 heteroatoms. The Morgan fingerprint density at radius 2 is 2.14 bits per heavy atom. The highest BCUT2D eigenvalue weighted by Crippen LogP contribution is 2.24. The van der Waals surface area contributed by atoms with E-state index in [9.17, 15) is 0 Å². The Labute approximate surface area is 88.9 Å². The summed E-state index contributed by atoms with van der Waals surface area (Å²) in [6, 6.07) is 4.06. The number of hydrogen-bond donors (Lipinski definition) is 1. The molecule has 2 rings (SSSR count). The first-order valence-corrected chi connectivity index (χ1v) is 5.26. The van der Waals surface area contributed by atoms with Crippen molar-refractivity contribution in [2.45, 2.75) is 18.9 Å². The normalized spacial score (nSPS) is 18.6. The quantitative estimate of drug-likeness (QED) is 0.769. The van der Waals surface area contributed by atoms with E-state index < -0.39 is 0 Å². The molecule has 0 amide bonds. The number of pyridine rings is 1. The van der Waals surface area contributed by atoms with E-state index in [0.29, 0.717) is 6.04 Å². The van der Waals surface area contributed by atoms with Crippen molar-refractivity contribution in [3.63, 3.8) is 0 Å². The standard InChI is InChI=1S/C10H14ClN3/c11-9-2-1-5-13-10(9)14-6-3-8(12)4-7-14/h1-2,5,8H,3-4,6-7,12H2. The van der Waals surface area contributed by atoms with E-state index in [1.165, 1.54) is 0 Å². The maximum Gasteiger partial charge on any atom is 0.147 e. The highest BCUT2D eigenvalue weighted by Gasteiger charge is 2.18. The van der Waals surface area contributed by atoms with Gasteiger partial charge >= 0.3 is 0 Å². The lowest BCUT2D eigenvalue weighted by Gasteiger charge is -2.31. The van der Waals surface area contributed by atoms with Crippen molar-refractivity contribution < 1.29 is 0 Å². The Bertz CT molecular complexity index is 308. The zero-order chi connectivity index (χ0) is 9.97. The average Bonchev–Trinajstić information content (AvgIpc) is 2.20. The lowest BCUT2D eigenvalue weighted by Crippen LogP contribution is -2.40. The summed E-state index contributed by atoms with van der Waals surface area (Å²) in [5.41, 5.74) is 5.83. The van der Waals surface area contributed by atoms with Gasteiger partial charge in [0.25, 0.3) is 0 Å². The van der Waals surface area contributed by atoms with Gasteiger partial charge in [0.1, 0.15) is 5.82 Å². The van der Waals surface area contributed by atoms with Gasteiger partial charge in [0.2, 0.25) is 0 Å². The first-order valence-electron chi connectivity index (χ1n) is 4.88. The number of aromatic nitrogens is 1. The molecule has 0 spiro atoms. The second-order valence-corrected chi connectivity index (χ2v) is 4.04. The van der Waals surface area contributed by atoms with Crippen LogP contribution in [0.2, 0.25) is 5.02 Å². The fourth-order valence-corrected chi connectivity index (χ4v) is 1.96. The molecule has 1 aromatic rings. The third-order valence-electron chi connectivity index (χ3n) is 2.58. The Morgan fingerprint density at radius 1 is 1.43 bits per heavy atom. The van der Waals surface area contributed by atoms with Crippen molar-refractivity contribution in [2.24, 2.45) is 5.73 Å². The van der Waals surface area contributed by atoms with Crippen LogP contribution in [0.4, 0.5) is 5.82 Å². The van der Waals surface area contributed by atoms with E-state index >= 15 is 0 Å². The molecule has 0 radical (unpaired) electrons. The maximum absolute atomic E-state index is 6.06. The summed E-state index contributed by atoms with van der Waals surface area (Å²) in [6.45, 7) is 1.91. The second kappa shape index (κ2) is 4.15. The lowest BCUT2D eigenvalue weighted by molar-refractivity contribution is 0.499. The van der Waals surface area contributed by atoms with E-state index in [1.807, 2.05) is 12.1 Å². The Hall–Kier alpha value is -0.800.